The zero-order chi connectivity index (χ0) is 17.7. The van der Waals surface area contributed by atoms with Crippen LogP contribution in [-0.2, 0) is 9.84 Å². The van der Waals surface area contributed by atoms with Gasteiger partial charge < -0.3 is 14.7 Å². The fourth-order valence-electron chi connectivity index (χ4n) is 2.93. The average Bonchev–Trinajstić information content (AvgIpc) is 2.53. The molecule has 0 radical (unpaired) electrons. The monoisotopic (exact) mass is 355 g/mol. The van der Waals surface area contributed by atoms with E-state index in [-0.39, 0.29) is 12.0 Å². The van der Waals surface area contributed by atoms with Crippen LogP contribution in [0.15, 0.2) is 29.2 Å². The van der Waals surface area contributed by atoms with E-state index < -0.39 is 9.84 Å². The molecule has 0 aromatic heterocycles. The summed E-state index contributed by atoms with van der Waals surface area (Å²) in [4.78, 5) is 2.62. The van der Waals surface area contributed by atoms with Gasteiger partial charge >= 0.3 is 0 Å². The highest BCUT2D eigenvalue weighted by atomic mass is 32.2. The lowest BCUT2D eigenvalue weighted by atomic mass is 9.97. The molecule has 24 heavy (non-hydrogen) atoms. The number of ether oxygens (including phenoxy) is 1. The third kappa shape index (κ3) is 5.76. The van der Waals surface area contributed by atoms with Crippen molar-refractivity contribution in [2.75, 3.05) is 32.5 Å². The highest BCUT2D eigenvalue weighted by Gasteiger charge is 2.23. The third-order valence-corrected chi connectivity index (χ3v) is 5.68. The van der Waals surface area contributed by atoms with E-state index in [0.29, 0.717) is 23.2 Å². The Morgan fingerprint density at radius 3 is 2.54 bits per heavy atom. The molecule has 1 fully saturated rings. The van der Waals surface area contributed by atoms with Crippen molar-refractivity contribution in [3.05, 3.63) is 24.3 Å². The number of aliphatic hydroxyl groups excluding tert-OH is 1. The molecular weight excluding hydrogens is 326 g/mol. The summed E-state index contributed by atoms with van der Waals surface area (Å²) in [7, 11) is -3.17. The number of aliphatic hydroxyl groups is 1. The summed E-state index contributed by atoms with van der Waals surface area (Å²) in [5.74, 6) is 1.41. The molecule has 0 spiro atoms. The third-order valence-electron chi connectivity index (χ3n) is 4.56. The van der Waals surface area contributed by atoms with Crippen molar-refractivity contribution in [3.63, 3.8) is 0 Å². The molecule has 6 heteroatoms. The second-order valence-corrected chi connectivity index (χ2v) is 9.15. The molecule has 2 atom stereocenters. The van der Waals surface area contributed by atoms with Gasteiger partial charge in [-0.3, -0.25) is 0 Å². The van der Waals surface area contributed by atoms with E-state index in [0.717, 1.165) is 32.5 Å². The number of piperidine rings is 1. The van der Waals surface area contributed by atoms with E-state index in [4.69, 9.17) is 4.74 Å². The van der Waals surface area contributed by atoms with E-state index in [1.54, 1.807) is 24.3 Å². The number of sulfone groups is 1. The first-order chi connectivity index (χ1) is 11.3. The largest absolute Gasteiger partial charge is 0.493 e. The van der Waals surface area contributed by atoms with Gasteiger partial charge in [-0.2, -0.15) is 0 Å². The number of nitrogens with zero attached hydrogens (tertiary/aromatic N) is 1. The van der Waals surface area contributed by atoms with Crippen molar-refractivity contribution in [1.29, 1.82) is 0 Å². The number of rotatable bonds is 7. The molecule has 0 saturated carbocycles. The summed E-state index contributed by atoms with van der Waals surface area (Å²) in [5, 5.41) is 10.0. The van der Waals surface area contributed by atoms with Crippen molar-refractivity contribution in [3.8, 4) is 5.75 Å². The van der Waals surface area contributed by atoms with Crippen LogP contribution < -0.4 is 4.74 Å². The van der Waals surface area contributed by atoms with Gasteiger partial charge in [0.2, 0.25) is 0 Å². The number of benzene rings is 1. The highest BCUT2D eigenvalue weighted by molar-refractivity contribution is 7.90. The topological polar surface area (TPSA) is 66.8 Å². The van der Waals surface area contributed by atoms with Crippen molar-refractivity contribution in [2.24, 2.45) is 11.8 Å². The molecule has 5 nitrogen and oxygen atoms in total. The van der Waals surface area contributed by atoms with Gasteiger partial charge in [0.1, 0.15) is 5.75 Å². The Hall–Kier alpha value is -1.11. The smallest absolute Gasteiger partial charge is 0.175 e. The molecule has 1 aromatic rings. The molecule has 1 N–H and O–H groups in total. The van der Waals surface area contributed by atoms with Gasteiger partial charge in [0, 0.05) is 25.3 Å². The number of β-amino-alcohol motifs (C(OH)–C–C–N with tert-alkyl or cyclic N) is 1. The van der Waals surface area contributed by atoms with Crippen LogP contribution in [0.1, 0.15) is 26.7 Å². The Kier molecular flexibility index (Phi) is 6.66. The minimum Gasteiger partial charge on any atom is -0.493 e. The summed E-state index contributed by atoms with van der Waals surface area (Å²) in [5.41, 5.74) is 0. The van der Waals surface area contributed by atoms with Crippen molar-refractivity contribution >= 4 is 9.84 Å². The maximum atomic E-state index is 11.5. The van der Waals surface area contributed by atoms with Crippen molar-refractivity contribution in [2.45, 2.75) is 37.7 Å². The van der Waals surface area contributed by atoms with E-state index >= 15 is 0 Å². The zero-order valence-electron chi connectivity index (χ0n) is 14.8. The van der Waals surface area contributed by atoms with Crippen molar-refractivity contribution in [1.82, 2.24) is 4.90 Å². The van der Waals surface area contributed by atoms with Gasteiger partial charge in [-0.15, -0.1) is 0 Å². The highest BCUT2D eigenvalue weighted by Crippen LogP contribution is 2.21. The first-order valence-electron chi connectivity index (χ1n) is 8.59. The average molecular weight is 356 g/mol. The van der Waals surface area contributed by atoms with Crippen LogP contribution in [0.4, 0.5) is 0 Å². The minimum absolute atomic E-state index is 0.273. The second-order valence-electron chi connectivity index (χ2n) is 7.13. The lowest BCUT2D eigenvalue weighted by Crippen LogP contribution is -2.42. The molecule has 136 valence electrons. The predicted octanol–water partition coefficient (Wildman–Crippen LogP) is 2.20. The summed E-state index contributed by atoms with van der Waals surface area (Å²) in [6.07, 6.45) is 3.15. The molecule has 1 heterocycles. The molecule has 1 aliphatic rings. The molecule has 2 rings (SSSR count). The van der Waals surface area contributed by atoms with Gasteiger partial charge in [0.05, 0.1) is 17.6 Å². The van der Waals surface area contributed by atoms with Gasteiger partial charge in [-0.05, 0) is 49.6 Å². The van der Waals surface area contributed by atoms with Crippen molar-refractivity contribution < 1.29 is 18.3 Å². The Balaban J connectivity index is 1.83. The molecule has 1 aromatic carbocycles. The Morgan fingerprint density at radius 2 is 1.96 bits per heavy atom. The summed E-state index contributed by atoms with van der Waals surface area (Å²) < 4.78 is 28.7. The van der Waals surface area contributed by atoms with Crippen LogP contribution in [0.2, 0.25) is 0 Å². The lowest BCUT2D eigenvalue weighted by Gasteiger charge is -2.34. The minimum atomic E-state index is -3.17. The molecular formula is C18H29NO4S. The zero-order valence-corrected chi connectivity index (χ0v) is 15.6. The Bertz CT molecular complexity index is 612. The van der Waals surface area contributed by atoms with Crippen LogP contribution in [-0.4, -0.2) is 57.0 Å². The fraction of sp³-hybridized carbons (Fsp3) is 0.667. The summed E-state index contributed by atoms with van der Waals surface area (Å²) in [6.45, 7) is 7.38. The standard InChI is InChI=1S/C18H29NO4S/c1-14(2)18(20)12-19-10-4-5-15(11-19)13-23-16-6-8-17(9-7-16)24(3,21)22/h6-9,14-15,18,20H,4-5,10-13H2,1-3H3. The molecule has 1 saturated heterocycles. The normalized spacial score (nSPS) is 21.0. The second kappa shape index (κ2) is 8.32. The Labute approximate surface area is 145 Å². The molecule has 1 aliphatic heterocycles. The van der Waals surface area contributed by atoms with Crippen LogP contribution in [0, 0.1) is 11.8 Å². The molecule has 0 bridgehead atoms. The van der Waals surface area contributed by atoms with Crippen LogP contribution in [0.25, 0.3) is 0 Å². The molecule has 0 amide bonds. The lowest BCUT2D eigenvalue weighted by molar-refractivity contribution is 0.0488. The summed E-state index contributed by atoms with van der Waals surface area (Å²) >= 11 is 0. The molecule has 0 aliphatic carbocycles. The van der Waals surface area contributed by atoms with Gasteiger partial charge in [0.15, 0.2) is 9.84 Å². The summed E-state index contributed by atoms with van der Waals surface area (Å²) in [6, 6.07) is 6.58. The number of hydrogen-bond donors (Lipinski definition) is 1. The first-order valence-corrected chi connectivity index (χ1v) is 10.5. The Morgan fingerprint density at radius 1 is 1.29 bits per heavy atom. The van der Waals surface area contributed by atoms with Gasteiger partial charge in [-0.25, -0.2) is 8.42 Å². The number of likely N-dealkylation sites (tertiary alicyclic amines) is 1. The van der Waals surface area contributed by atoms with E-state index in [2.05, 4.69) is 4.90 Å². The van der Waals surface area contributed by atoms with E-state index in [1.165, 1.54) is 6.26 Å². The molecule has 2 unspecified atom stereocenters. The van der Waals surface area contributed by atoms with Gasteiger partial charge in [-0.1, -0.05) is 13.8 Å². The maximum Gasteiger partial charge on any atom is 0.175 e. The van der Waals surface area contributed by atoms with Crippen LogP contribution in [0.3, 0.4) is 0 Å². The van der Waals surface area contributed by atoms with Crippen LogP contribution >= 0.6 is 0 Å². The van der Waals surface area contributed by atoms with E-state index in [1.807, 2.05) is 13.8 Å². The van der Waals surface area contributed by atoms with Crippen LogP contribution in [0.5, 0.6) is 5.75 Å². The predicted molar refractivity (Wildman–Crippen MR) is 95.1 cm³/mol. The number of hydrogen-bond acceptors (Lipinski definition) is 5. The van der Waals surface area contributed by atoms with Gasteiger partial charge in [0.25, 0.3) is 0 Å². The fourth-order valence-corrected chi connectivity index (χ4v) is 3.56. The maximum absolute atomic E-state index is 11.5. The SMILES string of the molecule is CC(C)C(O)CN1CCCC(COc2ccc(S(C)(=O)=O)cc2)C1. The first kappa shape index (κ1) is 19.2. The van der Waals surface area contributed by atoms with E-state index in [9.17, 15) is 13.5 Å². The quantitative estimate of drug-likeness (QED) is 0.812.